The molecule has 1 aromatic rings. The van der Waals surface area contributed by atoms with Crippen LogP contribution in [-0.2, 0) is 22.7 Å². The number of carbonyl (C=O) groups excluding carboxylic acids is 1. The first kappa shape index (κ1) is 18.0. The van der Waals surface area contributed by atoms with Crippen LogP contribution in [0, 0.1) is 5.92 Å². The van der Waals surface area contributed by atoms with E-state index < -0.39 is 0 Å². The van der Waals surface area contributed by atoms with Crippen molar-refractivity contribution in [3.05, 3.63) is 35.4 Å². The fourth-order valence-electron chi connectivity index (χ4n) is 2.38. The predicted molar refractivity (Wildman–Crippen MR) is 86.5 cm³/mol. The van der Waals surface area contributed by atoms with Gasteiger partial charge in [0.05, 0.1) is 12.5 Å². The molecule has 1 amide bonds. The summed E-state index contributed by atoms with van der Waals surface area (Å²) in [6.45, 7) is 5.81. The van der Waals surface area contributed by atoms with E-state index in [9.17, 15) is 4.79 Å². The van der Waals surface area contributed by atoms with Gasteiger partial charge >= 0.3 is 0 Å². The average Bonchev–Trinajstić information content (AvgIpc) is 2.52. The summed E-state index contributed by atoms with van der Waals surface area (Å²) in [5, 5.41) is 6.29. The van der Waals surface area contributed by atoms with Gasteiger partial charge in [0.2, 0.25) is 5.91 Å². The lowest BCUT2D eigenvalue weighted by Crippen LogP contribution is -2.40. The minimum Gasteiger partial charge on any atom is -0.377 e. The highest BCUT2D eigenvalue weighted by Crippen LogP contribution is 2.10. The highest BCUT2D eigenvalue weighted by molar-refractivity contribution is 5.85. The number of hydrogen-bond donors (Lipinski definition) is 2. The first-order valence-electron chi connectivity index (χ1n) is 7.43. The van der Waals surface area contributed by atoms with Gasteiger partial charge in [0.15, 0.2) is 0 Å². The Morgan fingerprint density at radius 3 is 2.67 bits per heavy atom. The zero-order valence-electron chi connectivity index (χ0n) is 12.6. The summed E-state index contributed by atoms with van der Waals surface area (Å²) in [6, 6.07) is 8.21. The van der Waals surface area contributed by atoms with Gasteiger partial charge in [-0.1, -0.05) is 24.3 Å². The fourth-order valence-corrected chi connectivity index (χ4v) is 2.38. The highest BCUT2D eigenvalue weighted by Gasteiger charge is 2.20. The van der Waals surface area contributed by atoms with Crippen LogP contribution in [0.4, 0.5) is 0 Å². The minimum atomic E-state index is 0. The second-order valence-corrected chi connectivity index (χ2v) is 5.21. The third-order valence-electron chi connectivity index (χ3n) is 3.63. The number of piperidine rings is 1. The van der Waals surface area contributed by atoms with Crippen molar-refractivity contribution < 1.29 is 9.53 Å². The van der Waals surface area contributed by atoms with Crippen LogP contribution in [0.25, 0.3) is 0 Å². The van der Waals surface area contributed by atoms with E-state index in [0.29, 0.717) is 13.2 Å². The summed E-state index contributed by atoms with van der Waals surface area (Å²) in [4.78, 5) is 12.0. The van der Waals surface area contributed by atoms with Gasteiger partial charge in [0, 0.05) is 19.7 Å². The molecule has 0 saturated carbocycles. The molecule has 0 aromatic heterocycles. The highest BCUT2D eigenvalue weighted by atomic mass is 35.5. The molecule has 0 bridgehead atoms. The molecule has 2 N–H and O–H groups in total. The smallest absolute Gasteiger partial charge is 0.224 e. The lowest BCUT2D eigenvalue weighted by atomic mass is 9.99. The van der Waals surface area contributed by atoms with Crippen molar-refractivity contribution >= 4 is 18.3 Å². The van der Waals surface area contributed by atoms with Crippen LogP contribution >= 0.6 is 12.4 Å². The molecular weight excluding hydrogens is 288 g/mol. The molecule has 1 aromatic carbocycles. The fraction of sp³-hybridized carbons (Fsp3) is 0.562. The van der Waals surface area contributed by atoms with Crippen LogP contribution in [0.5, 0.6) is 0 Å². The second kappa shape index (κ2) is 9.77. The number of carbonyl (C=O) groups is 1. The molecular formula is C16H25ClN2O2. The van der Waals surface area contributed by atoms with Crippen molar-refractivity contribution in [2.24, 2.45) is 5.92 Å². The predicted octanol–water partition coefficient (Wildman–Crippen LogP) is 2.26. The Hall–Kier alpha value is -1.10. The van der Waals surface area contributed by atoms with E-state index in [1.807, 2.05) is 19.1 Å². The summed E-state index contributed by atoms with van der Waals surface area (Å²) in [5.41, 5.74) is 2.29. The van der Waals surface area contributed by atoms with Crippen molar-refractivity contribution in [2.75, 3.05) is 19.7 Å². The van der Waals surface area contributed by atoms with E-state index in [2.05, 4.69) is 22.8 Å². The first-order chi connectivity index (χ1) is 9.79. The molecule has 0 aliphatic carbocycles. The average molecular weight is 313 g/mol. The van der Waals surface area contributed by atoms with E-state index >= 15 is 0 Å². The normalized spacial score (nSPS) is 17.9. The third-order valence-corrected chi connectivity index (χ3v) is 3.63. The third kappa shape index (κ3) is 6.04. The maximum atomic E-state index is 12.0. The Labute approximate surface area is 133 Å². The molecule has 0 spiro atoms. The molecule has 1 fully saturated rings. The number of ether oxygens (including phenoxy) is 1. The van der Waals surface area contributed by atoms with Crippen LogP contribution in [0.1, 0.15) is 30.9 Å². The van der Waals surface area contributed by atoms with Crippen molar-refractivity contribution in [1.29, 1.82) is 0 Å². The molecule has 0 radical (unpaired) electrons. The molecule has 1 saturated heterocycles. The first-order valence-corrected chi connectivity index (χ1v) is 7.43. The molecule has 1 aliphatic rings. The lowest BCUT2D eigenvalue weighted by molar-refractivity contribution is -0.125. The van der Waals surface area contributed by atoms with Crippen LogP contribution < -0.4 is 10.6 Å². The number of nitrogens with one attached hydrogen (secondary N) is 2. The van der Waals surface area contributed by atoms with Crippen LogP contribution in [-0.4, -0.2) is 25.6 Å². The molecule has 1 unspecified atom stereocenters. The summed E-state index contributed by atoms with van der Waals surface area (Å²) < 4.78 is 5.36. The van der Waals surface area contributed by atoms with Gasteiger partial charge in [-0.2, -0.15) is 0 Å². The maximum Gasteiger partial charge on any atom is 0.224 e. The quantitative estimate of drug-likeness (QED) is 0.847. The van der Waals surface area contributed by atoms with E-state index in [4.69, 9.17) is 4.74 Å². The van der Waals surface area contributed by atoms with Crippen LogP contribution in [0.3, 0.4) is 0 Å². The largest absolute Gasteiger partial charge is 0.377 e. The second-order valence-electron chi connectivity index (χ2n) is 5.21. The standard InChI is InChI=1S/C16H24N2O2.ClH/c1-2-20-12-14-7-5-13(6-8-14)10-18-16(19)15-4-3-9-17-11-15;/h5-8,15,17H,2-4,9-12H2,1H3,(H,18,19);1H. The van der Waals surface area contributed by atoms with Gasteiger partial charge < -0.3 is 15.4 Å². The molecule has 4 nitrogen and oxygen atoms in total. The SMILES string of the molecule is CCOCc1ccc(CNC(=O)C2CCCNC2)cc1.Cl. The van der Waals surface area contributed by atoms with E-state index in [0.717, 1.165) is 38.1 Å². The van der Waals surface area contributed by atoms with Gasteiger partial charge in [-0.15, -0.1) is 12.4 Å². The number of rotatable bonds is 6. The lowest BCUT2D eigenvalue weighted by Gasteiger charge is -2.21. The summed E-state index contributed by atoms with van der Waals surface area (Å²) in [7, 11) is 0. The topological polar surface area (TPSA) is 50.4 Å². The number of halogens is 1. The maximum absolute atomic E-state index is 12.0. The zero-order valence-corrected chi connectivity index (χ0v) is 13.4. The number of benzene rings is 1. The van der Waals surface area contributed by atoms with Crippen molar-refractivity contribution in [3.8, 4) is 0 Å². The summed E-state index contributed by atoms with van der Waals surface area (Å²) in [5.74, 6) is 0.288. The zero-order chi connectivity index (χ0) is 14.2. The van der Waals surface area contributed by atoms with Crippen LogP contribution in [0.15, 0.2) is 24.3 Å². The van der Waals surface area contributed by atoms with Gasteiger partial charge in [0.25, 0.3) is 0 Å². The van der Waals surface area contributed by atoms with Crippen molar-refractivity contribution in [3.63, 3.8) is 0 Å². The van der Waals surface area contributed by atoms with Gasteiger partial charge in [-0.3, -0.25) is 4.79 Å². The Morgan fingerprint density at radius 2 is 2.05 bits per heavy atom. The van der Waals surface area contributed by atoms with Crippen molar-refractivity contribution in [1.82, 2.24) is 10.6 Å². The number of amides is 1. The molecule has 5 heteroatoms. The van der Waals surface area contributed by atoms with Crippen LogP contribution in [0.2, 0.25) is 0 Å². The summed E-state index contributed by atoms with van der Waals surface area (Å²) >= 11 is 0. The molecule has 1 heterocycles. The Kier molecular flexibility index (Phi) is 8.35. The Bertz CT molecular complexity index is 417. The van der Waals surface area contributed by atoms with E-state index in [1.54, 1.807) is 0 Å². The number of hydrogen-bond acceptors (Lipinski definition) is 3. The molecule has 2 rings (SSSR count). The monoisotopic (exact) mass is 312 g/mol. The summed E-state index contributed by atoms with van der Waals surface area (Å²) in [6.07, 6.45) is 2.08. The molecule has 21 heavy (non-hydrogen) atoms. The van der Waals surface area contributed by atoms with E-state index in [1.165, 1.54) is 5.56 Å². The minimum absolute atomic E-state index is 0. The Balaban J connectivity index is 0.00000220. The molecule has 1 atom stereocenters. The molecule has 1 aliphatic heterocycles. The van der Waals surface area contributed by atoms with Gasteiger partial charge in [-0.05, 0) is 37.4 Å². The molecule has 118 valence electrons. The van der Waals surface area contributed by atoms with E-state index in [-0.39, 0.29) is 24.2 Å². The van der Waals surface area contributed by atoms with Crippen molar-refractivity contribution in [2.45, 2.75) is 32.9 Å². The van der Waals surface area contributed by atoms with Gasteiger partial charge in [-0.25, -0.2) is 0 Å². The van der Waals surface area contributed by atoms with Gasteiger partial charge in [0.1, 0.15) is 0 Å². The Morgan fingerprint density at radius 1 is 1.33 bits per heavy atom.